The van der Waals surface area contributed by atoms with Gasteiger partial charge in [-0.15, -0.1) is 0 Å². The smallest absolute Gasteiger partial charge is 0.252 e. The molecule has 1 atom stereocenters. The summed E-state index contributed by atoms with van der Waals surface area (Å²) in [5, 5.41) is 5.87. The Morgan fingerprint density at radius 2 is 2.21 bits per heavy atom. The molecule has 0 bridgehead atoms. The van der Waals surface area contributed by atoms with Crippen molar-refractivity contribution in [3.63, 3.8) is 0 Å². The predicted molar refractivity (Wildman–Crippen MR) is 75.2 cm³/mol. The number of carbonyl (C=O) groups is 1. The summed E-state index contributed by atoms with van der Waals surface area (Å²) >= 11 is 0. The number of nitrogens with one attached hydrogen (secondary N) is 3. The summed E-state index contributed by atoms with van der Waals surface area (Å²) in [6.07, 6.45) is 1.94. The number of amides is 1. The number of aromatic nitrogens is 2. The molecular formula is C13H22N4O2. The fourth-order valence-electron chi connectivity index (χ4n) is 1.52. The summed E-state index contributed by atoms with van der Waals surface area (Å²) in [6, 6.07) is 1.59. The molecule has 6 nitrogen and oxygen atoms in total. The van der Waals surface area contributed by atoms with E-state index in [0.29, 0.717) is 31.0 Å². The maximum absolute atomic E-state index is 11.6. The van der Waals surface area contributed by atoms with Crippen LogP contribution in [0, 0.1) is 0 Å². The molecule has 6 heteroatoms. The molecule has 0 aliphatic heterocycles. The Bertz CT molecular complexity index is 470. The zero-order chi connectivity index (χ0) is 14.3. The number of anilines is 1. The normalized spacial score (nSPS) is 11.9. The van der Waals surface area contributed by atoms with Crippen molar-refractivity contribution in [2.75, 3.05) is 11.9 Å². The van der Waals surface area contributed by atoms with Crippen molar-refractivity contribution in [3.8, 4) is 0 Å². The lowest BCUT2D eigenvalue weighted by Gasteiger charge is -2.11. The number of rotatable bonds is 7. The van der Waals surface area contributed by atoms with Gasteiger partial charge in [0.2, 0.25) is 5.91 Å². The summed E-state index contributed by atoms with van der Waals surface area (Å²) in [4.78, 5) is 29.8. The van der Waals surface area contributed by atoms with Gasteiger partial charge in [0.25, 0.3) is 5.56 Å². The number of aromatic amines is 1. The fourth-order valence-corrected chi connectivity index (χ4v) is 1.52. The van der Waals surface area contributed by atoms with Crippen molar-refractivity contribution in [2.45, 2.75) is 46.1 Å². The molecule has 1 amide bonds. The maximum atomic E-state index is 11.6. The largest absolute Gasteiger partial charge is 0.369 e. The molecule has 0 aliphatic carbocycles. The van der Waals surface area contributed by atoms with E-state index in [1.54, 1.807) is 0 Å². The molecule has 3 N–H and O–H groups in total. The van der Waals surface area contributed by atoms with Crippen LogP contribution in [0.4, 0.5) is 5.82 Å². The third-order valence-corrected chi connectivity index (χ3v) is 2.80. The molecule has 0 aliphatic rings. The van der Waals surface area contributed by atoms with Gasteiger partial charge in [0, 0.05) is 31.5 Å². The van der Waals surface area contributed by atoms with E-state index < -0.39 is 0 Å². The van der Waals surface area contributed by atoms with E-state index in [1.807, 2.05) is 20.8 Å². The van der Waals surface area contributed by atoms with Crippen molar-refractivity contribution in [1.29, 1.82) is 0 Å². The van der Waals surface area contributed by atoms with Crippen molar-refractivity contribution < 1.29 is 4.79 Å². The molecule has 0 fully saturated rings. The minimum Gasteiger partial charge on any atom is -0.369 e. The van der Waals surface area contributed by atoms with Crippen LogP contribution in [0.1, 0.15) is 39.4 Å². The van der Waals surface area contributed by atoms with Gasteiger partial charge in [-0.05, 0) is 13.3 Å². The number of carbonyl (C=O) groups excluding carboxylic acids is 1. The van der Waals surface area contributed by atoms with E-state index in [-0.39, 0.29) is 17.5 Å². The highest BCUT2D eigenvalue weighted by Crippen LogP contribution is 1.99. The second-order valence-corrected chi connectivity index (χ2v) is 4.48. The number of nitrogens with zero attached hydrogens (tertiary/aromatic N) is 1. The van der Waals surface area contributed by atoms with Crippen molar-refractivity contribution in [1.82, 2.24) is 15.3 Å². The number of aryl methyl sites for hydroxylation is 1. The predicted octanol–water partition coefficient (Wildman–Crippen LogP) is 1.05. The summed E-state index contributed by atoms with van der Waals surface area (Å²) in [7, 11) is 0. The van der Waals surface area contributed by atoms with E-state index in [0.717, 1.165) is 6.42 Å². The molecule has 0 saturated carbocycles. The number of hydrogen-bond donors (Lipinski definition) is 3. The van der Waals surface area contributed by atoms with Crippen LogP contribution in [-0.4, -0.2) is 28.5 Å². The Labute approximate surface area is 113 Å². The van der Waals surface area contributed by atoms with E-state index in [2.05, 4.69) is 20.6 Å². The van der Waals surface area contributed by atoms with Crippen LogP contribution in [0.2, 0.25) is 0 Å². The van der Waals surface area contributed by atoms with Gasteiger partial charge in [-0.2, -0.15) is 0 Å². The van der Waals surface area contributed by atoms with Gasteiger partial charge in [0.1, 0.15) is 11.6 Å². The van der Waals surface area contributed by atoms with Crippen LogP contribution in [0.15, 0.2) is 10.9 Å². The molecule has 1 rings (SSSR count). The van der Waals surface area contributed by atoms with Crippen molar-refractivity contribution >= 4 is 11.7 Å². The first-order valence-electron chi connectivity index (χ1n) is 6.68. The zero-order valence-corrected chi connectivity index (χ0v) is 11.7. The highest BCUT2D eigenvalue weighted by Gasteiger charge is 2.05. The first kappa shape index (κ1) is 15.2. The van der Waals surface area contributed by atoms with Crippen LogP contribution in [0.3, 0.4) is 0 Å². The molecule has 0 spiro atoms. The molecule has 106 valence electrons. The van der Waals surface area contributed by atoms with Crippen LogP contribution < -0.4 is 16.2 Å². The Kier molecular flexibility index (Phi) is 6.05. The van der Waals surface area contributed by atoms with Gasteiger partial charge in [-0.25, -0.2) is 4.98 Å². The summed E-state index contributed by atoms with van der Waals surface area (Å²) in [5.41, 5.74) is -0.182. The minimum absolute atomic E-state index is 0.00223. The van der Waals surface area contributed by atoms with E-state index in [1.165, 1.54) is 6.07 Å². The van der Waals surface area contributed by atoms with E-state index in [4.69, 9.17) is 0 Å². The Hall–Kier alpha value is -1.85. The Morgan fingerprint density at radius 1 is 1.47 bits per heavy atom. The lowest BCUT2D eigenvalue weighted by atomic mass is 10.2. The fraction of sp³-hybridized carbons (Fsp3) is 0.615. The topological polar surface area (TPSA) is 86.9 Å². The molecule has 1 unspecified atom stereocenters. The first-order chi connectivity index (χ1) is 9.05. The van der Waals surface area contributed by atoms with E-state index in [9.17, 15) is 9.59 Å². The molecule has 19 heavy (non-hydrogen) atoms. The highest BCUT2D eigenvalue weighted by atomic mass is 16.1. The molecule has 0 saturated heterocycles. The lowest BCUT2D eigenvalue weighted by molar-refractivity contribution is -0.121. The third kappa shape index (κ3) is 5.54. The average molecular weight is 266 g/mol. The summed E-state index contributed by atoms with van der Waals surface area (Å²) < 4.78 is 0. The quantitative estimate of drug-likeness (QED) is 0.688. The first-order valence-corrected chi connectivity index (χ1v) is 6.68. The second kappa shape index (κ2) is 7.56. The molecule has 1 heterocycles. The molecule has 1 aromatic rings. The van der Waals surface area contributed by atoms with Gasteiger partial charge in [0.05, 0.1) is 0 Å². The zero-order valence-electron chi connectivity index (χ0n) is 11.7. The van der Waals surface area contributed by atoms with Gasteiger partial charge >= 0.3 is 0 Å². The van der Waals surface area contributed by atoms with Gasteiger partial charge < -0.3 is 15.6 Å². The minimum atomic E-state index is -0.182. The maximum Gasteiger partial charge on any atom is 0.252 e. The average Bonchev–Trinajstić information content (AvgIpc) is 2.37. The SMILES string of the molecule is CCc1nc(NCCC(=O)NC(C)CC)cc(=O)[nH]1. The van der Waals surface area contributed by atoms with Gasteiger partial charge in [-0.3, -0.25) is 9.59 Å². The number of H-pyrrole nitrogens is 1. The second-order valence-electron chi connectivity index (χ2n) is 4.48. The third-order valence-electron chi connectivity index (χ3n) is 2.80. The Balaban J connectivity index is 2.43. The van der Waals surface area contributed by atoms with Gasteiger partial charge in [-0.1, -0.05) is 13.8 Å². The number of hydrogen-bond acceptors (Lipinski definition) is 4. The molecule has 1 aromatic heterocycles. The van der Waals surface area contributed by atoms with Crippen LogP contribution in [0.25, 0.3) is 0 Å². The molecule has 0 aromatic carbocycles. The molecule has 0 radical (unpaired) electrons. The Morgan fingerprint density at radius 3 is 2.84 bits per heavy atom. The van der Waals surface area contributed by atoms with Crippen molar-refractivity contribution in [3.05, 3.63) is 22.2 Å². The summed E-state index contributed by atoms with van der Waals surface area (Å²) in [6.45, 7) is 6.37. The van der Waals surface area contributed by atoms with Crippen LogP contribution in [-0.2, 0) is 11.2 Å². The van der Waals surface area contributed by atoms with Crippen LogP contribution in [0.5, 0.6) is 0 Å². The molecular weight excluding hydrogens is 244 g/mol. The lowest BCUT2D eigenvalue weighted by Crippen LogP contribution is -2.33. The van der Waals surface area contributed by atoms with Gasteiger partial charge in [0.15, 0.2) is 0 Å². The summed E-state index contributed by atoms with van der Waals surface area (Å²) in [5.74, 6) is 1.15. The monoisotopic (exact) mass is 266 g/mol. The standard InChI is InChI=1S/C13H22N4O2/c1-4-9(3)15-12(18)6-7-14-11-8-13(19)17-10(5-2)16-11/h8-9H,4-7H2,1-3H3,(H,15,18)(H2,14,16,17,19). The van der Waals surface area contributed by atoms with Crippen LogP contribution >= 0.6 is 0 Å². The van der Waals surface area contributed by atoms with E-state index >= 15 is 0 Å². The van der Waals surface area contributed by atoms with Crippen molar-refractivity contribution in [2.24, 2.45) is 0 Å². The highest BCUT2D eigenvalue weighted by molar-refractivity contribution is 5.76.